The molecule has 1 aromatic rings. The summed E-state index contributed by atoms with van der Waals surface area (Å²) in [5.74, 6) is 0. The van der Waals surface area contributed by atoms with Crippen LogP contribution in [0.3, 0.4) is 0 Å². The molecule has 0 atom stereocenters. The van der Waals surface area contributed by atoms with E-state index in [-0.39, 0.29) is 6.67 Å². The first-order valence-electron chi connectivity index (χ1n) is 3.42. The highest BCUT2D eigenvalue weighted by molar-refractivity contribution is 5.45. The van der Waals surface area contributed by atoms with Gasteiger partial charge >= 0.3 is 0 Å². The Bertz CT molecular complexity index is 248. The molecule has 1 rings (SSSR count). The van der Waals surface area contributed by atoms with Gasteiger partial charge in [0.15, 0.2) is 0 Å². The van der Waals surface area contributed by atoms with Crippen LogP contribution in [0.15, 0.2) is 29.4 Å². The molecule has 0 amide bonds. The molecule has 1 N–H and O–H groups in total. The molecule has 0 saturated heterocycles. The lowest BCUT2D eigenvalue weighted by Crippen LogP contribution is -1.96. The van der Waals surface area contributed by atoms with E-state index in [1.165, 1.54) is 5.56 Å². The summed E-state index contributed by atoms with van der Waals surface area (Å²) in [6.07, 6.45) is 0. The normalized spacial score (nSPS) is 9.18. The van der Waals surface area contributed by atoms with Gasteiger partial charge in [-0.25, -0.2) is 0 Å². The quantitative estimate of drug-likeness (QED) is 0.670. The van der Waals surface area contributed by atoms with Gasteiger partial charge in [0.1, 0.15) is 6.67 Å². The molecule has 0 aliphatic rings. The van der Waals surface area contributed by atoms with Gasteiger partial charge < -0.3 is 5.32 Å². The summed E-state index contributed by atoms with van der Waals surface area (Å²) in [5.41, 5.74) is 2.10. The third-order valence-corrected chi connectivity index (χ3v) is 1.37. The van der Waals surface area contributed by atoms with Gasteiger partial charge in [0.25, 0.3) is 0 Å². The van der Waals surface area contributed by atoms with Gasteiger partial charge in [0.05, 0.1) is 0 Å². The summed E-state index contributed by atoms with van der Waals surface area (Å²) >= 11 is 0. The third-order valence-electron chi connectivity index (χ3n) is 1.37. The van der Waals surface area contributed by atoms with E-state index in [0.29, 0.717) is 0 Å². The maximum absolute atomic E-state index is 9.75. The van der Waals surface area contributed by atoms with Crippen molar-refractivity contribution in [1.82, 2.24) is 0 Å². The monoisotopic (exact) mass is 150 g/mol. The Morgan fingerprint density at radius 3 is 3.00 bits per heavy atom. The zero-order chi connectivity index (χ0) is 8.10. The third kappa shape index (κ3) is 2.37. The van der Waals surface area contributed by atoms with E-state index >= 15 is 0 Å². The first kappa shape index (κ1) is 7.72. The summed E-state index contributed by atoms with van der Waals surface area (Å²) in [5, 5.41) is 5.56. The zero-order valence-electron chi connectivity index (χ0n) is 6.37. The van der Waals surface area contributed by atoms with Gasteiger partial charge in [0.2, 0.25) is 0 Å². The number of rotatable bonds is 3. The van der Waals surface area contributed by atoms with Crippen LogP contribution in [0.4, 0.5) is 5.69 Å². The SMILES string of the molecule is Cc1cccc(NCN=O)c1. The fourth-order valence-corrected chi connectivity index (χ4v) is 0.879. The standard InChI is InChI=1S/C8H10N2O/c1-7-3-2-4-8(5-7)9-6-10-11/h2-5,9H,6H2,1H3. The van der Waals surface area contributed by atoms with Crippen molar-refractivity contribution in [2.75, 3.05) is 12.0 Å². The predicted molar refractivity (Wildman–Crippen MR) is 45.5 cm³/mol. The molecule has 0 heterocycles. The minimum absolute atomic E-state index is 0.128. The zero-order valence-corrected chi connectivity index (χ0v) is 6.37. The molecule has 58 valence electrons. The molecule has 0 unspecified atom stereocenters. The Hall–Kier alpha value is -1.38. The first-order chi connectivity index (χ1) is 5.33. The van der Waals surface area contributed by atoms with Crippen molar-refractivity contribution < 1.29 is 0 Å². The van der Waals surface area contributed by atoms with Crippen LogP contribution in [0, 0.1) is 11.8 Å². The molecule has 0 aliphatic carbocycles. The number of benzene rings is 1. The van der Waals surface area contributed by atoms with Crippen molar-refractivity contribution in [3.63, 3.8) is 0 Å². The molecule has 0 aromatic heterocycles. The van der Waals surface area contributed by atoms with Crippen LogP contribution < -0.4 is 5.32 Å². The van der Waals surface area contributed by atoms with Crippen LogP contribution in [0.5, 0.6) is 0 Å². The van der Waals surface area contributed by atoms with E-state index in [9.17, 15) is 4.91 Å². The molecule has 0 radical (unpaired) electrons. The minimum Gasteiger partial charge on any atom is -0.363 e. The summed E-state index contributed by atoms with van der Waals surface area (Å²) < 4.78 is 0. The Kier molecular flexibility index (Phi) is 2.60. The smallest absolute Gasteiger partial charge is 0.150 e. The number of nitrogens with one attached hydrogen (secondary N) is 1. The van der Waals surface area contributed by atoms with Crippen molar-refractivity contribution in [2.45, 2.75) is 6.92 Å². The van der Waals surface area contributed by atoms with Crippen molar-refractivity contribution in [3.8, 4) is 0 Å². The number of aryl methyl sites for hydroxylation is 1. The topological polar surface area (TPSA) is 41.5 Å². The van der Waals surface area contributed by atoms with Gasteiger partial charge in [-0.3, -0.25) is 0 Å². The van der Waals surface area contributed by atoms with Crippen molar-refractivity contribution in [3.05, 3.63) is 34.7 Å². The van der Waals surface area contributed by atoms with Gasteiger partial charge in [-0.05, 0) is 29.8 Å². The van der Waals surface area contributed by atoms with E-state index in [1.807, 2.05) is 31.2 Å². The Labute approximate surface area is 65.4 Å². The van der Waals surface area contributed by atoms with E-state index in [4.69, 9.17) is 0 Å². The summed E-state index contributed by atoms with van der Waals surface area (Å²) in [7, 11) is 0. The molecule has 0 aliphatic heterocycles. The molecular formula is C8H10N2O. The lowest BCUT2D eigenvalue weighted by atomic mass is 10.2. The molecule has 3 nitrogen and oxygen atoms in total. The van der Waals surface area contributed by atoms with Crippen molar-refractivity contribution >= 4 is 5.69 Å². The van der Waals surface area contributed by atoms with Gasteiger partial charge in [-0.1, -0.05) is 12.1 Å². The van der Waals surface area contributed by atoms with Crippen molar-refractivity contribution in [2.24, 2.45) is 5.18 Å². The summed E-state index contributed by atoms with van der Waals surface area (Å²) in [6.45, 7) is 2.13. The average molecular weight is 150 g/mol. The maximum atomic E-state index is 9.75. The fraction of sp³-hybridized carbons (Fsp3) is 0.250. The minimum atomic E-state index is 0.128. The predicted octanol–water partition coefficient (Wildman–Crippen LogP) is 2.13. The molecule has 0 spiro atoms. The number of nitrogens with zero attached hydrogens (tertiary/aromatic N) is 1. The summed E-state index contributed by atoms with van der Waals surface area (Å²) in [4.78, 5) is 9.75. The molecular weight excluding hydrogens is 140 g/mol. The van der Waals surface area contributed by atoms with Crippen LogP contribution in [0.25, 0.3) is 0 Å². The van der Waals surface area contributed by atoms with Crippen LogP contribution in [0.1, 0.15) is 5.56 Å². The number of anilines is 1. The van der Waals surface area contributed by atoms with Crippen LogP contribution >= 0.6 is 0 Å². The molecule has 11 heavy (non-hydrogen) atoms. The fourth-order valence-electron chi connectivity index (χ4n) is 0.879. The second-order valence-electron chi connectivity index (χ2n) is 2.33. The highest BCUT2D eigenvalue weighted by atomic mass is 16.3. The Morgan fingerprint density at radius 1 is 1.55 bits per heavy atom. The highest BCUT2D eigenvalue weighted by Gasteiger charge is 1.89. The van der Waals surface area contributed by atoms with Crippen molar-refractivity contribution in [1.29, 1.82) is 0 Å². The molecule has 0 bridgehead atoms. The lowest BCUT2D eigenvalue weighted by Gasteiger charge is -2.00. The van der Waals surface area contributed by atoms with E-state index in [2.05, 4.69) is 10.5 Å². The van der Waals surface area contributed by atoms with Crippen LogP contribution in [-0.4, -0.2) is 6.67 Å². The summed E-state index contributed by atoms with van der Waals surface area (Å²) in [6, 6.07) is 7.80. The largest absolute Gasteiger partial charge is 0.363 e. The molecule has 1 aromatic carbocycles. The second-order valence-corrected chi connectivity index (χ2v) is 2.33. The van der Waals surface area contributed by atoms with Gasteiger partial charge in [-0.2, -0.15) is 0 Å². The molecule has 0 saturated carbocycles. The van der Waals surface area contributed by atoms with Gasteiger partial charge in [0, 0.05) is 5.69 Å². The number of hydrogen-bond donors (Lipinski definition) is 1. The van der Waals surface area contributed by atoms with E-state index in [0.717, 1.165) is 5.69 Å². The molecule has 3 heteroatoms. The van der Waals surface area contributed by atoms with Crippen LogP contribution in [0.2, 0.25) is 0 Å². The van der Waals surface area contributed by atoms with E-state index < -0.39 is 0 Å². The first-order valence-corrected chi connectivity index (χ1v) is 3.42. The second kappa shape index (κ2) is 3.71. The number of hydrogen-bond acceptors (Lipinski definition) is 3. The highest BCUT2D eigenvalue weighted by Crippen LogP contribution is 2.08. The van der Waals surface area contributed by atoms with Crippen LogP contribution in [-0.2, 0) is 0 Å². The van der Waals surface area contributed by atoms with Gasteiger partial charge in [-0.15, -0.1) is 4.91 Å². The number of nitroso groups, excluding NO2 is 1. The molecule has 0 fully saturated rings. The Morgan fingerprint density at radius 2 is 2.36 bits per heavy atom. The Balaban J connectivity index is 2.63. The average Bonchev–Trinajstić information content (AvgIpc) is 2.01. The lowest BCUT2D eigenvalue weighted by molar-refractivity contribution is 1.12. The maximum Gasteiger partial charge on any atom is 0.150 e. The van der Waals surface area contributed by atoms with E-state index in [1.54, 1.807) is 0 Å².